The van der Waals surface area contributed by atoms with Crippen LogP contribution < -0.4 is 0 Å². The minimum Gasteiger partial charge on any atom is -0.361 e. The molecule has 0 amide bonds. The van der Waals surface area contributed by atoms with Gasteiger partial charge in [-0.15, -0.1) is 4.98 Å². The van der Waals surface area contributed by atoms with Crippen LogP contribution in [0.1, 0.15) is 11.4 Å². The van der Waals surface area contributed by atoms with Crippen molar-refractivity contribution in [3.05, 3.63) is 169 Å². The molecule has 3 heterocycles. The molecule has 0 aliphatic carbocycles. The lowest BCUT2D eigenvalue weighted by Gasteiger charge is -2.14. The molecule has 222 valence electrons. The first-order chi connectivity index (χ1) is 23.6. The number of rotatable bonds is 6. The number of pyridine rings is 3. The number of nitrogens with zero attached hydrogens (tertiary/aromatic N) is 6. The molecule has 7 aromatic rings. The van der Waals surface area contributed by atoms with Crippen LogP contribution in [0.3, 0.4) is 0 Å². The maximum Gasteiger partial charge on any atom is 0.269 e. The summed E-state index contributed by atoms with van der Waals surface area (Å²) >= 11 is 0. The molecule has 6 heteroatoms. The third-order valence-corrected chi connectivity index (χ3v) is 8.14. The SMILES string of the molecule is [C-]#[N+]c1ccc(-c2cccc(-c3cc(-c4cccc(-c5ccc(C#N)nc5)c4)cc(-c4cccc(-c5ccc(C#N)nc5)c4)c3)c2)cn1. The molecule has 0 saturated heterocycles. The van der Waals surface area contributed by atoms with E-state index in [9.17, 15) is 10.5 Å². The third kappa shape index (κ3) is 6.17. The molecule has 0 saturated carbocycles. The van der Waals surface area contributed by atoms with Crippen molar-refractivity contribution >= 4 is 5.82 Å². The van der Waals surface area contributed by atoms with E-state index in [1.807, 2.05) is 54.6 Å². The number of nitriles is 2. The second-order valence-corrected chi connectivity index (χ2v) is 11.1. The van der Waals surface area contributed by atoms with Crippen molar-refractivity contribution in [3.63, 3.8) is 0 Å². The van der Waals surface area contributed by atoms with E-state index < -0.39 is 0 Å². The topological polar surface area (TPSA) is 90.6 Å². The predicted molar refractivity (Wildman–Crippen MR) is 188 cm³/mol. The molecule has 4 aromatic carbocycles. The highest BCUT2D eigenvalue weighted by molar-refractivity contribution is 5.85. The van der Waals surface area contributed by atoms with Gasteiger partial charge in [0, 0.05) is 29.1 Å². The van der Waals surface area contributed by atoms with Gasteiger partial charge in [0.15, 0.2) is 0 Å². The summed E-state index contributed by atoms with van der Waals surface area (Å²) in [6.07, 6.45) is 5.20. The molecule has 0 bridgehead atoms. The maximum absolute atomic E-state index is 9.20. The highest BCUT2D eigenvalue weighted by Crippen LogP contribution is 2.37. The first-order valence-corrected chi connectivity index (χ1v) is 15.1. The average molecular weight is 613 g/mol. The van der Waals surface area contributed by atoms with Crippen LogP contribution in [0, 0.1) is 29.2 Å². The zero-order valence-electron chi connectivity index (χ0n) is 25.5. The summed E-state index contributed by atoms with van der Waals surface area (Å²) in [5.41, 5.74) is 12.9. The van der Waals surface area contributed by atoms with Gasteiger partial charge in [0.1, 0.15) is 29.7 Å². The molecule has 0 aliphatic heterocycles. The summed E-state index contributed by atoms with van der Waals surface area (Å²) in [5, 5.41) is 18.4. The normalized spacial score (nSPS) is 10.4. The fourth-order valence-corrected chi connectivity index (χ4v) is 5.65. The van der Waals surface area contributed by atoms with E-state index in [1.54, 1.807) is 36.8 Å². The lowest BCUT2D eigenvalue weighted by atomic mass is 9.90. The van der Waals surface area contributed by atoms with Crippen LogP contribution in [0.25, 0.3) is 71.6 Å². The highest BCUT2D eigenvalue weighted by atomic mass is 14.8. The van der Waals surface area contributed by atoms with Crippen LogP contribution >= 0.6 is 0 Å². The highest BCUT2D eigenvalue weighted by Gasteiger charge is 2.12. The van der Waals surface area contributed by atoms with Gasteiger partial charge in [-0.1, -0.05) is 67.2 Å². The van der Waals surface area contributed by atoms with E-state index >= 15 is 0 Å². The van der Waals surface area contributed by atoms with Gasteiger partial charge in [-0.2, -0.15) is 10.5 Å². The number of aromatic nitrogens is 3. The molecule has 48 heavy (non-hydrogen) atoms. The fourth-order valence-electron chi connectivity index (χ4n) is 5.65. The van der Waals surface area contributed by atoms with E-state index in [2.05, 4.69) is 86.5 Å². The Morgan fingerprint density at radius 3 is 1.02 bits per heavy atom. The fraction of sp³-hybridized carbons (Fsp3) is 0. The molecule has 0 N–H and O–H groups in total. The molecule has 0 radical (unpaired) electrons. The molecular formula is C42H24N6. The van der Waals surface area contributed by atoms with Crippen molar-refractivity contribution in [2.45, 2.75) is 0 Å². The Labute approximate surface area is 278 Å². The lowest BCUT2D eigenvalue weighted by Crippen LogP contribution is -1.89. The first-order valence-electron chi connectivity index (χ1n) is 15.1. The summed E-state index contributed by atoms with van der Waals surface area (Å²) < 4.78 is 0. The largest absolute Gasteiger partial charge is 0.361 e. The zero-order chi connectivity index (χ0) is 32.9. The standard InChI is InChI=1S/C42H24N6/c1-45-42-16-13-36(27-48-42)30-7-4-10-33(19-30)39-21-37(31-8-2-5-28(17-31)34-11-14-40(23-43)46-25-34)20-38(22-39)32-9-3-6-29(18-32)35-12-15-41(24-44)47-26-35/h2-22,25-27H. The van der Waals surface area contributed by atoms with Crippen LogP contribution in [0.4, 0.5) is 5.82 Å². The van der Waals surface area contributed by atoms with Crippen molar-refractivity contribution in [3.8, 4) is 78.9 Å². The summed E-state index contributed by atoms with van der Waals surface area (Å²) in [7, 11) is 0. The summed E-state index contributed by atoms with van der Waals surface area (Å²) in [5.74, 6) is 0.366. The van der Waals surface area contributed by atoms with Crippen LogP contribution in [-0.4, -0.2) is 15.0 Å². The molecule has 3 aromatic heterocycles. The van der Waals surface area contributed by atoms with Crippen molar-refractivity contribution < 1.29 is 0 Å². The predicted octanol–water partition coefficient (Wildman–Crippen LogP) is 10.2. The Kier molecular flexibility index (Phi) is 8.01. The van der Waals surface area contributed by atoms with Crippen molar-refractivity contribution in [1.82, 2.24) is 15.0 Å². The first kappa shape index (κ1) is 29.5. The molecule has 0 spiro atoms. The maximum atomic E-state index is 9.20. The minimum absolute atomic E-state index is 0.366. The van der Waals surface area contributed by atoms with Gasteiger partial charge < -0.3 is 4.85 Å². The molecule has 7 rings (SSSR count). The smallest absolute Gasteiger partial charge is 0.269 e. The summed E-state index contributed by atoms with van der Waals surface area (Å²) in [6.45, 7) is 7.24. The van der Waals surface area contributed by atoms with Crippen molar-refractivity contribution in [1.29, 1.82) is 10.5 Å². The quantitative estimate of drug-likeness (QED) is 0.174. The van der Waals surface area contributed by atoms with Gasteiger partial charge in [-0.25, -0.2) is 9.97 Å². The van der Waals surface area contributed by atoms with Crippen LogP contribution in [-0.2, 0) is 0 Å². The second kappa shape index (κ2) is 13.0. The van der Waals surface area contributed by atoms with Gasteiger partial charge >= 0.3 is 0 Å². The molecule has 0 fully saturated rings. The second-order valence-electron chi connectivity index (χ2n) is 11.1. The van der Waals surface area contributed by atoms with Crippen molar-refractivity contribution in [2.75, 3.05) is 0 Å². The van der Waals surface area contributed by atoms with Gasteiger partial charge in [0.05, 0.1) is 0 Å². The van der Waals surface area contributed by atoms with Gasteiger partial charge in [0.2, 0.25) is 0 Å². The zero-order valence-corrected chi connectivity index (χ0v) is 25.5. The number of hydrogen-bond donors (Lipinski definition) is 0. The number of benzene rings is 4. The Morgan fingerprint density at radius 2 is 0.729 bits per heavy atom. The average Bonchev–Trinajstić information content (AvgIpc) is 3.18. The Hall–Kier alpha value is -7.20. The third-order valence-electron chi connectivity index (χ3n) is 8.14. The Morgan fingerprint density at radius 1 is 0.396 bits per heavy atom. The van der Waals surface area contributed by atoms with Gasteiger partial charge in [0.25, 0.3) is 5.82 Å². The number of hydrogen-bond acceptors (Lipinski definition) is 5. The van der Waals surface area contributed by atoms with Crippen LogP contribution in [0.5, 0.6) is 0 Å². The molecule has 0 atom stereocenters. The Balaban J connectivity index is 1.35. The molecular weight excluding hydrogens is 589 g/mol. The van der Waals surface area contributed by atoms with Crippen LogP contribution in [0.2, 0.25) is 0 Å². The molecule has 0 aliphatic rings. The van der Waals surface area contributed by atoms with E-state index in [0.29, 0.717) is 17.2 Å². The van der Waals surface area contributed by atoms with Gasteiger partial charge in [-0.05, 0) is 117 Å². The van der Waals surface area contributed by atoms with E-state index in [0.717, 1.165) is 66.8 Å². The Bertz CT molecular complexity index is 2120. The van der Waals surface area contributed by atoms with Crippen LogP contribution in [0.15, 0.2) is 146 Å². The summed E-state index contributed by atoms with van der Waals surface area (Å²) in [6, 6.07) is 46.7. The minimum atomic E-state index is 0.366. The van der Waals surface area contributed by atoms with Gasteiger partial charge in [-0.3, -0.25) is 0 Å². The lowest BCUT2D eigenvalue weighted by molar-refractivity contribution is 1.26. The van der Waals surface area contributed by atoms with E-state index in [4.69, 9.17) is 6.57 Å². The van der Waals surface area contributed by atoms with E-state index in [-0.39, 0.29) is 0 Å². The van der Waals surface area contributed by atoms with Crippen molar-refractivity contribution in [2.24, 2.45) is 0 Å². The van der Waals surface area contributed by atoms with E-state index in [1.165, 1.54) is 0 Å². The monoisotopic (exact) mass is 612 g/mol. The molecule has 0 unspecified atom stereocenters. The summed E-state index contributed by atoms with van der Waals surface area (Å²) in [4.78, 5) is 16.2. The molecule has 6 nitrogen and oxygen atoms in total.